The average molecular weight is 240 g/mol. The summed E-state index contributed by atoms with van der Waals surface area (Å²) in [5.41, 5.74) is 2.99. The summed E-state index contributed by atoms with van der Waals surface area (Å²) in [6.45, 7) is 1.89. The van der Waals surface area contributed by atoms with Crippen molar-refractivity contribution in [3.63, 3.8) is 0 Å². The van der Waals surface area contributed by atoms with E-state index in [0.29, 0.717) is 31.2 Å². The molecule has 0 saturated carbocycles. The molecule has 0 atom stereocenters. The van der Waals surface area contributed by atoms with Crippen LogP contribution in [0.4, 0.5) is 0 Å². The van der Waals surface area contributed by atoms with E-state index in [1.807, 2.05) is 18.2 Å². The van der Waals surface area contributed by atoms with Crippen molar-refractivity contribution in [1.29, 1.82) is 0 Å². The molecule has 0 fully saturated rings. The average Bonchev–Trinajstić information content (AvgIpc) is 2.76. The zero-order valence-electron chi connectivity index (χ0n) is 8.96. The van der Waals surface area contributed by atoms with Gasteiger partial charge in [-0.3, -0.25) is 4.79 Å². The van der Waals surface area contributed by atoms with E-state index in [2.05, 4.69) is 5.32 Å². The molecule has 0 unspecified atom stereocenters. The van der Waals surface area contributed by atoms with Gasteiger partial charge in [-0.25, -0.2) is 0 Å². The molecule has 1 aromatic carbocycles. The zero-order valence-corrected chi connectivity index (χ0v) is 9.72. The number of halogens is 1. The summed E-state index contributed by atoms with van der Waals surface area (Å²) >= 11 is 5.54. The van der Waals surface area contributed by atoms with E-state index in [1.165, 1.54) is 5.56 Å². The van der Waals surface area contributed by atoms with E-state index < -0.39 is 0 Å². The number of alkyl halides is 1. The van der Waals surface area contributed by atoms with Crippen LogP contribution in [0, 0.1) is 0 Å². The van der Waals surface area contributed by atoms with Crippen LogP contribution in [0.3, 0.4) is 0 Å². The predicted octanol–water partition coefficient (Wildman–Crippen LogP) is 2.08. The molecule has 0 aromatic heterocycles. The first-order valence-electron chi connectivity index (χ1n) is 5.35. The molecule has 4 heteroatoms. The summed E-state index contributed by atoms with van der Waals surface area (Å²) in [5.74, 6) is 0.526. The number of ether oxygens (including phenoxy) is 1. The third kappa shape index (κ3) is 2.54. The quantitative estimate of drug-likeness (QED) is 0.645. The van der Waals surface area contributed by atoms with Gasteiger partial charge in [0, 0.05) is 18.0 Å². The molecule has 2 rings (SSSR count). The Morgan fingerprint density at radius 3 is 3.00 bits per heavy atom. The third-order valence-corrected chi connectivity index (χ3v) is 2.85. The van der Waals surface area contributed by atoms with E-state index in [9.17, 15) is 4.79 Å². The molecule has 1 heterocycles. The fourth-order valence-corrected chi connectivity index (χ4v) is 1.82. The molecule has 0 spiro atoms. The first kappa shape index (κ1) is 11.4. The van der Waals surface area contributed by atoms with Gasteiger partial charge in [-0.1, -0.05) is 6.07 Å². The molecule has 16 heavy (non-hydrogen) atoms. The second-order valence-corrected chi connectivity index (χ2v) is 4.15. The molecule has 1 N–H and O–H groups in total. The third-order valence-electron chi connectivity index (χ3n) is 2.58. The molecule has 0 bridgehead atoms. The van der Waals surface area contributed by atoms with Gasteiger partial charge in [0.15, 0.2) is 0 Å². The minimum Gasteiger partial charge on any atom is -0.372 e. The van der Waals surface area contributed by atoms with E-state index in [4.69, 9.17) is 16.3 Å². The van der Waals surface area contributed by atoms with Crippen LogP contribution in [-0.2, 0) is 18.0 Å². The van der Waals surface area contributed by atoms with Crippen LogP contribution in [0.1, 0.15) is 27.9 Å². The zero-order chi connectivity index (χ0) is 11.4. The first-order chi connectivity index (χ1) is 7.81. The lowest BCUT2D eigenvalue weighted by Gasteiger charge is -2.05. The van der Waals surface area contributed by atoms with E-state index in [-0.39, 0.29) is 5.91 Å². The smallest absolute Gasteiger partial charge is 0.251 e. The van der Waals surface area contributed by atoms with Crippen LogP contribution in [0.5, 0.6) is 0 Å². The van der Waals surface area contributed by atoms with Crippen LogP contribution < -0.4 is 5.32 Å². The highest BCUT2D eigenvalue weighted by atomic mass is 35.5. The van der Waals surface area contributed by atoms with E-state index in [0.717, 1.165) is 12.0 Å². The fourth-order valence-electron chi connectivity index (χ4n) is 1.68. The van der Waals surface area contributed by atoms with Gasteiger partial charge in [-0.15, -0.1) is 11.6 Å². The molecule has 0 saturated heterocycles. The second-order valence-electron chi connectivity index (χ2n) is 3.77. The molecular weight excluding hydrogens is 226 g/mol. The van der Waals surface area contributed by atoms with Gasteiger partial charge in [0.05, 0.1) is 13.2 Å². The highest BCUT2D eigenvalue weighted by Crippen LogP contribution is 2.20. The second kappa shape index (κ2) is 5.32. The maximum absolute atomic E-state index is 11.7. The molecule has 1 amide bonds. The predicted molar refractivity (Wildman–Crippen MR) is 62.6 cm³/mol. The van der Waals surface area contributed by atoms with Crippen molar-refractivity contribution in [2.24, 2.45) is 0 Å². The Balaban J connectivity index is 2.01. The van der Waals surface area contributed by atoms with E-state index >= 15 is 0 Å². The lowest BCUT2D eigenvalue weighted by atomic mass is 10.1. The molecule has 1 aliphatic heterocycles. The molecule has 86 valence electrons. The summed E-state index contributed by atoms with van der Waals surface area (Å²) < 4.78 is 5.30. The number of carbonyl (C=O) groups is 1. The highest BCUT2D eigenvalue weighted by Gasteiger charge is 2.13. The largest absolute Gasteiger partial charge is 0.372 e. The van der Waals surface area contributed by atoms with Gasteiger partial charge in [0.2, 0.25) is 0 Å². The van der Waals surface area contributed by atoms with Crippen LogP contribution in [0.15, 0.2) is 18.2 Å². The molecular formula is C12H14ClNO2. The summed E-state index contributed by atoms with van der Waals surface area (Å²) in [6, 6.07) is 5.70. The van der Waals surface area contributed by atoms with Crippen LogP contribution in [0.2, 0.25) is 0 Å². The van der Waals surface area contributed by atoms with Gasteiger partial charge >= 0.3 is 0 Å². The van der Waals surface area contributed by atoms with Crippen molar-refractivity contribution in [3.8, 4) is 0 Å². The van der Waals surface area contributed by atoms with Gasteiger partial charge in [-0.05, 0) is 29.7 Å². The topological polar surface area (TPSA) is 38.3 Å². The summed E-state index contributed by atoms with van der Waals surface area (Å²) in [6.07, 6.45) is 0.793. The number of fused-ring (bicyclic) bond motifs is 1. The monoisotopic (exact) mass is 239 g/mol. The van der Waals surface area contributed by atoms with Gasteiger partial charge < -0.3 is 10.1 Å². The van der Waals surface area contributed by atoms with Crippen molar-refractivity contribution in [1.82, 2.24) is 5.32 Å². The number of carbonyl (C=O) groups excluding carboxylic acids is 1. The summed E-state index contributed by atoms with van der Waals surface area (Å²) in [5, 5.41) is 2.83. The Bertz CT molecular complexity index is 393. The molecule has 3 nitrogen and oxygen atoms in total. The van der Waals surface area contributed by atoms with Crippen molar-refractivity contribution in [2.75, 3.05) is 12.4 Å². The van der Waals surface area contributed by atoms with Gasteiger partial charge in [0.1, 0.15) is 0 Å². The van der Waals surface area contributed by atoms with Gasteiger partial charge in [0.25, 0.3) is 5.91 Å². The number of hydrogen-bond acceptors (Lipinski definition) is 2. The maximum atomic E-state index is 11.7. The number of amides is 1. The Morgan fingerprint density at radius 2 is 2.19 bits per heavy atom. The minimum absolute atomic E-state index is 0.0418. The van der Waals surface area contributed by atoms with Crippen LogP contribution in [-0.4, -0.2) is 18.3 Å². The highest BCUT2D eigenvalue weighted by molar-refractivity contribution is 6.17. The van der Waals surface area contributed by atoms with Crippen molar-refractivity contribution < 1.29 is 9.53 Å². The normalized spacial score (nSPS) is 13.6. The number of hydrogen-bond donors (Lipinski definition) is 1. The lowest BCUT2D eigenvalue weighted by molar-refractivity contribution is 0.0953. The standard InChI is InChI=1S/C12H14ClNO2/c13-4-1-5-14-12(15)9-2-3-10-7-16-8-11(10)6-9/h2-3,6H,1,4-5,7-8H2,(H,14,15). The summed E-state index contributed by atoms with van der Waals surface area (Å²) in [7, 11) is 0. The SMILES string of the molecule is O=C(NCCCCl)c1ccc2c(c1)COC2. The minimum atomic E-state index is -0.0418. The Hall–Kier alpha value is -1.06. The molecule has 1 aromatic rings. The van der Waals surface area contributed by atoms with Crippen molar-refractivity contribution >= 4 is 17.5 Å². The fraction of sp³-hybridized carbons (Fsp3) is 0.417. The lowest BCUT2D eigenvalue weighted by Crippen LogP contribution is -2.24. The van der Waals surface area contributed by atoms with Crippen molar-refractivity contribution in [2.45, 2.75) is 19.6 Å². The number of rotatable bonds is 4. The van der Waals surface area contributed by atoms with Crippen LogP contribution in [0.25, 0.3) is 0 Å². The molecule has 0 radical (unpaired) electrons. The summed E-state index contributed by atoms with van der Waals surface area (Å²) in [4.78, 5) is 11.7. The maximum Gasteiger partial charge on any atom is 0.251 e. The van der Waals surface area contributed by atoms with Crippen LogP contribution >= 0.6 is 11.6 Å². The molecule has 0 aliphatic carbocycles. The van der Waals surface area contributed by atoms with Crippen molar-refractivity contribution in [3.05, 3.63) is 34.9 Å². The Kier molecular flexibility index (Phi) is 3.80. The Morgan fingerprint density at radius 1 is 1.38 bits per heavy atom. The Labute approximate surface area is 99.7 Å². The first-order valence-corrected chi connectivity index (χ1v) is 5.88. The number of nitrogens with one attached hydrogen (secondary N) is 1. The van der Waals surface area contributed by atoms with Gasteiger partial charge in [-0.2, -0.15) is 0 Å². The number of benzene rings is 1. The van der Waals surface area contributed by atoms with E-state index in [1.54, 1.807) is 0 Å². The molecule has 1 aliphatic rings.